The number of fused-ring (bicyclic) bond motifs is 2. The maximum atomic E-state index is 12.7. The highest BCUT2D eigenvalue weighted by Crippen LogP contribution is 2.38. The fourth-order valence-corrected chi connectivity index (χ4v) is 4.75. The molecule has 1 aliphatic carbocycles. The van der Waals surface area contributed by atoms with Gasteiger partial charge in [0, 0.05) is 4.88 Å². The minimum Gasteiger partial charge on any atom is -0.315 e. The third-order valence-electron chi connectivity index (χ3n) is 4.86. The normalized spacial score (nSPS) is 16.2. The van der Waals surface area contributed by atoms with Crippen molar-refractivity contribution in [3.63, 3.8) is 0 Å². The van der Waals surface area contributed by atoms with E-state index in [0.29, 0.717) is 21.7 Å². The Morgan fingerprint density at radius 3 is 2.50 bits per heavy atom. The van der Waals surface area contributed by atoms with Gasteiger partial charge in [0.1, 0.15) is 17.1 Å². The SMILES string of the molecule is C[C@H](C(=O)Nc1sc2c(c1C#N)CCC2)N1C(=O)c2ccccc2C1=O. The van der Waals surface area contributed by atoms with Crippen molar-refractivity contribution >= 4 is 34.1 Å². The summed E-state index contributed by atoms with van der Waals surface area (Å²) in [6.07, 6.45) is 2.78. The molecule has 1 N–H and O–H groups in total. The molecule has 1 aromatic carbocycles. The Balaban J connectivity index is 1.58. The summed E-state index contributed by atoms with van der Waals surface area (Å²) in [5, 5.41) is 12.7. The van der Waals surface area contributed by atoms with Crippen LogP contribution in [0, 0.1) is 11.3 Å². The van der Waals surface area contributed by atoms with Crippen LogP contribution < -0.4 is 5.32 Å². The van der Waals surface area contributed by atoms with E-state index in [2.05, 4.69) is 11.4 Å². The molecule has 4 rings (SSSR count). The Kier molecular flexibility index (Phi) is 3.85. The third-order valence-corrected chi connectivity index (χ3v) is 6.07. The van der Waals surface area contributed by atoms with Crippen LogP contribution in [0.5, 0.6) is 0 Å². The summed E-state index contributed by atoms with van der Waals surface area (Å²) < 4.78 is 0. The van der Waals surface area contributed by atoms with Crippen molar-refractivity contribution in [3.8, 4) is 6.07 Å². The first-order valence-electron chi connectivity index (χ1n) is 8.35. The molecule has 2 heterocycles. The molecule has 6 nitrogen and oxygen atoms in total. The highest BCUT2D eigenvalue weighted by molar-refractivity contribution is 7.16. The van der Waals surface area contributed by atoms with Crippen molar-refractivity contribution in [1.29, 1.82) is 5.26 Å². The maximum Gasteiger partial charge on any atom is 0.262 e. The average molecular weight is 365 g/mol. The molecular formula is C19H15N3O3S. The Labute approximate surface area is 154 Å². The van der Waals surface area contributed by atoms with Crippen molar-refractivity contribution in [2.24, 2.45) is 0 Å². The molecule has 1 atom stereocenters. The van der Waals surface area contributed by atoms with Gasteiger partial charge in [0.2, 0.25) is 5.91 Å². The number of rotatable bonds is 3. The number of hydrogen-bond acceptors (Lipinski definition) is 5. The van der Waals surface area contributed by atoms with Crippen LogP contribution in [-0.2, 0) is 17.6 Å². The number of benzene rings is 1. The van der Waals surface area contributed by atoms with Gasteiger partial charge in [-0.05, 0) is 43.9 Å². The Morgan fingerprint density at radius 2 is 1.88 bits per heavy atom. The molecule has 0 saturated carbocycles. The zero-order valence-electron chi connectivity index (χ0n) is 14.0. The lowest BCUT2D eigenvalue weighted by atomic mass is 10.1. The second kappa shape index (κ2) is 6.07. The lowest BCUT2D eigenvalue weighted by molar-refractivity contribution is -0.119. The number of aryl methyl sites for hydroxylation is 1. The molecule has 2 aromatic rings. The number of nitrogens with zero attached hydrogens (tertiary/aromatic N) is 2. The van der Waals surface area contributed by atoms with Crippen LogP contribution in [0.4, 0.5) is 5.00 Å². The van der Waals surface area contributed by atoms with Gasteiger partial charge in [-0.25, -0.2) is 0 Å². The predicted molar refractivity (Wildman–Crippen MR) is 96.1 cm³/mol. The molecule has 2 aliphatic rings. The average Bonchev–Trinajstić information content (AvgIpc) is 3.28. The first-order valence-corrected chi connectivity index (χ1v) is 9.17. The molecule has 0 fully saturated rings. The van der Waals surface area contributed by atoms with Gasteiger partial charge < -0.3 is 5.32 Å². The molecule has 0 saturated heterocycles. The van der Waals surface area contributed by atoms with E-state index in [9.17, 15) is 19.6 Å². The summed E-state index contributed by atoms with van der Waals surface area (Å²) in [4.78, 5) is 39.8. The van der Waals surface area contributed by atoms with Crippen LogP contribution in [-0.4, -0.2) is 28.7 Å². The van der Waals surface area contributed by atoms with Gasteiger partial charge in [-0.15, -0.1) is 11.3 Å². The molecule has 1 aromatic heterocycles. The number of carbonyl (C=O) groups excluding carboxylic acids is 3. The van der Waals surface area contributed by atoms with E-state index in [1.807, 2.05) is 0 Å². The van der Waals surface area contributed by atoms with Crippen molar-refractivity contribution in [2.45, 2.75) is 32.2 Å². The Bertz CT molecular complexity index is 967. The molecule has 130 valence electrons. The van der Waals surface area contributed by atoms with E-state index in [1.54, 1.807) is 24.3 Å². The molecular weight excluding hydrogens is 350 g/mol. The van der Waals surface area contributed by atoms with Crippen LogP contribution in [0.3, 0.4) is 0 Å². The van der Waals surface area contributed by atoms with Crippen LogP contribution in [0.1, 0.15) is 50.1 Å². The lowest BCUT2D eigenvalue weighted by Gasteiger charge is -2.21. The minimum atomic E-state index is -0.967. The van der Waals surface area contributed by atoms with Crippen molar-refractivity contribution in [1.82, 2.24) is 4.90 Å². The number of anilines is 1. The zero-order chi connectivity index (χ0) is 18.4. The summed E-state index contributed by atoms with van der Waals surface area (Å²) in [6.45, 7) is 1.52. The van der Waals surface area contributed by atoms with Gasteiger partial charge in [-0.1, -0.05) is 12.1 Å². The number of carbonyl (C=O) groups is 3. The van der Waals surface area contributed by atoms with Crippen LogP contribution in [0.15, 0.2) is 24.3 Å². The van der Waals surface area contributed by atoms with Crippen molar-refractivity contribution in [3.05, 3.63) is 51.4 Å². The molecule has 26 heavy (non-hydrogen) atoms. The Morgan fingerprint density at radius 1 is 1.23 bits per heavy atom. The zero-order valence-corrected chi connectivity index (χ0v) is 14.9. The standard InChI is InChI=1S/C19H15N3O3S/c1-10(22-18(24)12-5-2-3-6-13(12)19(22)25)16(23)21-17-14(9-20)11-7-4-8-15(11)26-17/h2-3,5-6,10H,4,7-8H2,1H3,(H,21,23)/t10-/m1/s1. The molecule has 0 radical (unpaired) electrons. The smallest absolute Gasteiger partial charge is 0.262 e. The van der Waals surface area contributed by atoms with Crippen LogP contribution >= 0.6 is 11.3 Å². The van der Waals surface area contributed by atoms with E-state index >= 15 is 0 Å². The number of nitriles is 1. The maximum absolute atomic E-state index is 12.7. The number of amides is 3. The van der Waals surface area contributed by atoms with E-state index in [-0.39, 0.29) is 0 Å². The van der Waals surface area contributed by atoms with Gasteiger partial charge in [0.05, 0.1) is 16.7 Å². The molecule has 3 amide bonds. The summed E-state index contributed by atoms with van der Waals surface area (Å²) in [5.41, 5.74) is 2.14. The largest absolute Gasteiger partial charge is 0.315 e. The van der Waals surface area contributed by atoms with Crippen LogP contribution in [0.25, 0.3) is 0 Å². The number of hydrogen-bond donors (Lipinski definition) is 1. The van der Waals surface area contributed by atoms with Crippen LogP contribution in [0.2, 0.25) is 0 Å². The van der Waals surface area contributed by atoms with Crippen molar-refractivity contribution in [2.75, 3.05) is 5.32 Å². The predicted octanol–water partition coefficient (Wildman–Crippen LogP) is 2.73. The molecule has 1 aliphatic heterocycles. The van der Waals surface area contributed by atoms with E-state index in [0.717, 1.165) is 34.6 Å². The minimum absolute atomic E-state index is 0.310. The topological polar surface area (TPSA) is 90.3 Å². The number of imide groups is 1. The Hall–Kier alpha value is -2.98. The summed E-state index contributed by atoms with van der Waals surface area (Å²) in [7, 11) is 0. The fraction of sp³-hybridized carbons (Fsp3) is 0.263. The highest BCUT2D eigenvalue weighted by Gasteiger charge is 2.40. The quantitative estimate of drug-likeness (QED) is 0.847. The second-order valence-electron chi connectivity index (χ2n) is 6.36. The second-order valence-corrected chi connectivity index (χ2v) is 7.47. The third kappa shape index (κ3) is 2.34. The van der Waals surface area contributed by atoms with Gasteiger partial charge in [0.25, 0.3) is 11.8 Å². The lowest BCUT2D eigenvalue weighted by Crippen LogP contribution is -2.45. The molecule has 7 heteroatoms. The van der Waals surface area contributed by atoms with Gasteiger partial charge in [-0.2, -0.15) is 5.26 Å². The first kappa shape index (κ1) is 16.5. The number of nitrogens with one attached hydrogen (secondary N) is 1. The highest BCUT2D eigenvalue weighted by atomic mass is 32.1. The summed E-state index contributed by atoms with van der Waals surface area (Å²) >= 11 is 1.41. The fourth-order valence-electron chi connectivity index (χ4n) is 3.50. The summed E-state index contributed by atoms with van der Waals surface area (Å²) in [5.74, 6) is -1.42. The van der Waals surface area contributed by atoms with Gasteiger partial charge >= 0.3 is 0 Å². The monoisotopic (exact) mass is 365 g/mol. The molecule has 0 bridgehead atoms. The summed E-state index contributed by atoms with van der Waals surface area (Å²) in [6, 6.07) is 7.74. The van der Waals surface area contributed by atoms with E-state index in [1.165, 1.54) is 18.3 Å². The van der Waals surface area contributed by atoms with E-state index < -0.39 is 23.8 Å². The van der Waals surface area contributed by atoms with Crippen molar-refractivity contribution < 1.29 is 14.4 Å². The van der Waals surface area contributed by atoms with E-state index in [4.69, 9.17) is 0 Å². The van der Waals surface area contributed by atoms with Gasteiger partial charge in [0.15, 0.2) is 0 Å². The first-order chi connectivity index (χ1) is 12.5. The molecule has 0 unspecified atom stereocenters. The molecule has 0 spiro atoms. The number of thiophene rings is 1. The van der Waals surface area contributed by atoms with Gasteiger partial charge in [-0.3, -0.25) is 19.3 Å².